The number of nitrogens with two attached hydrogens (primary N) is 1. The van der Waals surface area contributed by atoms with Gasteiger partial charge in [-0.2, -0.15) is 4.37 Å². The summed E-state index contributed by atoms with van der Waals surface area (Å²) in [6, 6.07) is 5.52. The smallest absolute Gasteiger partial charge is 0.129 e. The first-order chi connectivity index (χ1) is 8.59. The van der Waals surface area contributed by atoms with Crippen molar-refractivity contribution >= 4 is 21.6 Å². The summed E-state index contributed by atoms with van der Waals surface area (Å²) in [5.41, 5.74) is 5.88. The van der Waals surface area contributed by atoms with Crippen molar-refractivity contribution in [1.29, 1.82) is 0 Å². The topological polar surface area (TPSA) is 68.4 Å². The van der Waals surface area contributed by atoms with Crippen molar-refractivity contribution in [3.63, 3.8) is 0 Å². The zero-order valence-corrected chi connectivity index (χ0v) is 11.4. The number of aliphatic hydroxyl groups is 1. The predicted octanol–water partition coefficient (Wildman–Crippen LogP) is 2.02. The number of fused-ring (bicyclic) bond motifs is 1. The quantitative estimate of drug-likeness (QED) is 0.868. The van der Waals surface area contributed by atoms with Gasteiger partial charge in [0.05, 0.1) is 16.3 Å². The molecular weight excluding hydrogens is 248 g/mol. The van der Waals surface area contributed by atoms with E-state index in [1.807, 2.05) is 32.0 Å². The molecule has 2 unspecified atom stereocenters. The molecule has 0 saturated carbocycles. The molecule has 1 heterocycles. The van der Waals surface area contributed by atoms with E-state index in [0.717, 1.165) is 15.8 Å². The first-order valence-electron chi connectivity index (χ1n) is 5.99. The maximum absolute atomic E-state index is 9.91. The maximum atomic E-state index is 9.91. The van der Waals surface area contributed by atoms with Crippen LogP contribution in [0.2, 0.25) is 0 Å². The van der Waals surface area contributed by atoms with E-state index in [9.17, 15) is 5.11 Å². The Kier molecular flexibility index (Phi) is 4.16. The Morgan fingerprint density at radius 3 is 2.94 bits per heavy atom. The molecule has 0 aliphatic heterocycles. The van der Waals surface area contributed by atoms with Gasteiger partial charge in [-0.3, -0.25) is 0 Å². The standard InChI is InChI=1S/C13H18N2O2S/c1-8(2)13(14)10(16)7-17-11-4-3-5-12-9(11)6-15-18-12/h3-6,8,10,13,16H,7,14H2,1-2H3. The minimum Gasteiger partial charge on any atom is -0.490 e. The number of hydrogen-bond acceptors (Lipinski definition) is 5. The lowest BCUT2D eigenvalue weighted by atomic mass is 10.0. The molecule has 3 N–H and O–H groups in total. The molecule has 0 aliphatic carbocycles. The van der Waals surface area contributed by atoms with Gasteiger partial charge in [0.2, 0.25) is 0 Å². The lowest BCUT2D eigenvalue weighted by molar-refractivity contribution is 0.0721. The summed E-state index contributed by atoms with van der Waals surface area (Å²) in [6.45, 7) is 4.17. The molecule has 98 valence electrons. The summed E-state index contributed by atoms with van der Waals surface area (Å²) in [7, 11) is 0. The number of hydrogen-bond donors (Lipinski definition) is 2. The van der Waals surface area contributed by atoms with E-state index in [1.165, 1.54) is 11.5 Å². The van der Waals surface area contributed by atoms with Crippen LogP contribution in [0, 0.1) is 5.92 Å². The lowest BCUT2D eigenvalue weighted by Crippen LogP contribution is -2.42. The van der Waals surface area contributed by atoms with Crippen LogP contribution < -0.4 is 10.5 Å². The molecule has 0 saturated heterocycles. The van der Waals surface area contributed by atoms with Gasteiger partial charge in [0.15, 0.2) is 0 Å². The highest BCUT2D eigenvalue weighted by Crippen LogP contribution is 2.27. The van der Waals surface area contributed by atoms with Gasteiger partial charge in [0, 0.05) is 6.04 Å². The van der Waals surface area contributed by atoms with Crippen LogP contribution in [0.5, 0.6) is 5.75 Å². The number of ether oxygens (including phenoxy) is 1. The molecule has 1 aromatic carbocycles. The fraction of sp³-hybridized carbons (Fsp3) is 0.462. The number of aliphatic hydroxyl groups excluding tert-OH is 1. The maximum Gasteiger partial charge on any atom is 0.129 e. The van der Waals surface area contributed by atoms with E-state index < -0.39 is 6.10 Å². The molecule has 2 rings (SSSR count). The molecule has 0 aliphatic rings. The van der Waals surface area contributed by atoms with E-state index in [-0.39, 0.29) is 18.6 Å². The molecule has 2 aromatic rings. The molecule has 0 amide bonds. The molecule has 0 bridgehead atoms. The molecular formula is C13H18N2O2S. The summed E-state index contributed by atoms with van der Waals surface area (Å²) >= 11 is 1.43. The van der Waals surface area contributed by atoms with E-state index in [1.54, 1.807) is 6.20 Å². The summed E-state index contributed by atoms with van der Waals surface area (Å²) in [5.74, 6) is 0.971. The van der Waals surface area contributed by atoms with Gasteiger partial charge in [-0.15, -0.1) is 0 Å². The second-order valence-electron chi connectivity index (χ2n) is 4.69. The second-order valence-corrected chi connectivity index (χ2v) is 5.53. The van der Waals surface area contributed by atoms with Crippen LogP contribution in [0.3, 0.4) is 0 Å². The lowest BCUT2D eigenvalue weighted by Gasteiger charge is -2.22. The number of nitrogens with zero attached hydrogens (tertiary/aromatic N) is 1. The Morgan fingerprint density at radius 2 is 2.22 bits per heavy atom. The third-order valence-electron chi connectivity index (χ3n) is 2.98. The number of aromatic nitrogens is 1. The van der Waals surface area contributed by atoms with Crippen molar-refractivity contribution in [3.05, 3.63) is 24.4 Å². The highest BCUT2D eigenvalue weighted by Gasteiger charge is 2.19. The van der Waals surface area contributed by atoms with Crippen molar-refractivity contribution in [2.24, 2.45) is 11.7 Å². The van der Waals surface area contributed by atoms with E-state index in [4.69, 9.17) is 10.5 Å². The molecule has 0 radical (unpaired) electrons. The first-order valence-corrected chi connectivity index (χ1v) is 6.76. The normalized spacial score (nSPS) is 14.9. The molecule has 18 heavy (non-hydrogen) atoms. The van der Waals surface area contributed by atoms with Gasteiger partial charge in [-0.1, -0.05) is 19.9 Å². The SMILES string of the molecule is CC(C)C(N)C(O)COc1cccc2sncc12. The summed E-state index contributed by atoms with van der Waals surface area (Å²) in [6.07, 6.45) is 1.12. The van der Waals surface area contributed by atoms with Crippen LogP contribution >= 0.6 is 11.5 Å². The minimum atomic E-state index is -0.660. The molecule has 4 nitrogen and oxygen atoms in total. The Labute approximate surface area is 111 Å². The van der Waals surface area contributed by atoms with E-state index in [0.29, 0.717) is 0 Å². The fourth-order valence-corrected chi connectivity index (χ4v) is 2.39. The van der Waals surface area contributed by atoms with Crippen molar-refractivity contribution in [3.8, 4) is 5.75 Å². The van der Waals surface area contributed by atoms with Crippen LogP contribution in [0.25, 0.3) is 10.1 Å². The van der Waals surface area contributed by atoms with E-state index >= 15 is 0 Å². The highest BCUT2D eigenvalue weighted by atomic mass is 32.1. The van der Waals surface area contributed by atoms with Gasteiger partial charge in [-0.25, -0.2) is 0 Å². The van der Waals surface area contributed by atoms with Crippen LogP contribution in [-0.2, 0) is 0 Å². The Bertz CT molecular complexity index is 512. The minimum absolute atomic E-state index is 0.203. The largest absolute Gasteiger partial charge is 0.490 e. The van der Waals surface area contributed by atoms with Crippen LogP contribution in [0.1, 0.15) is 13.8 Å². The summed E-state index contributed by atoms with van der Waals surface area (Å²) < 4.78 is 10.9. The van der Waals surface area contributed by atoms with Gasteiger partial charge >= 0.3 is 0 Å². The summed E-state index contributed by atoms with van der Waals surface area (Å²) in [5, 5.41) is 10.9. The average molecular weight is 266 g/mol. The van der Waals surface area contributed by atoms with Crippen LogP contribution in [0.15, 0.2) is 24.4 Å². The second kappa shape index (κ2) is 5.65. The molecule has 2 atom stereocenters. The highest BCUT2D eigenvalue weighted by molar-refractivity contribution is 7.13. The zero-order chi connectivity index (χ0) is 13.1. The van der Waals surface area contributed by atoms with Gasteiger partial charge < -0.3 is 15.6 Å². The van der Waals surface area contributed by atoms with Crippen LogP contribution in [-0.4, -0.2) is 28.2 Å². The molecule has 0 spiro atoms. The van der Waals surface area contributed by atoms with Crippen molar-refractivity contribution in [1.82, 2.24) is 4.37 Å². The van der Waals surface area contributed by atoms with Crippen molar-refractivity contribution in [2.45, 2.75) is 26.0 Å². The van der Waals surface area contributed by atoms with Gasteiger partial charge in [0.25, 0.3) is 0 Å². The monoisotopic (exact) mass is 266 g/mol. The Balaban J connectivity index is 2.04. The third kappa shape index (κ3) is 2.80. The van der Waals surface area contributed by atoms with E-state index in [2.05, 4.69) is 4.37 Å². The van der Waals surface area contributed by atoms with Crippen molar-refractivity contribution < 1.29 is 9.84 Å². The average Bonchev–Trinajstić information content (AvgIpc) is 2.83. The van der Waals surface area contributed by atoms with Crippen molar-refractivity contribution in [2.75, 3.05) is 6.61 Å². The van der Waals surface area contributed by atoms with Gasteiger partial charge in [-0.05, 0) is 29.6 Å². The van der Waals surface area contributed by atoms with Gasteiger partial charge in [0.1, 0.15) is 18.5 Å². The molecule has 5 heteroatoms. The first kappa shape index (κ1) is 13.3. The summed E-state index contributed by atoms with van der Waals surface area (Å²) in [4.78, 5) is 0. The van der Waals surface area contributed by atoms with Crippen LogP contribution in [0.4, 0.5) is 0 Å². The molecule has 1 aromatic heterocycles. The third-order valence-corrected chi connectivity index (χ3v) is 3.75. The number of benzene rings is 1. The predicted molar refractivity (Wildman–Crippen MR) is 73.9 cm³/mol. The fourth-order valence-electron chi connectivity index (χ4n) is 1.72. The molecule has 0 fully saturated rings. The Hall–Kier alpha value is -1.17. The number of rotatable bonds is 5. The Morgan fingerprint density at radius 1 is 1.44 bits per heavy atom. The zero-order valence-electron chi connectivity index (χ0n) is 10.5.